The molecule has 0 N–H and O–H groups in total. The fraction of sp³-hybridized carbons (Fsp3) is 0.455. The third-order valence-corrected chi connectivity index (χ3v) is 2.98. The summed E-state index contributed by atoms with van der Waals surface area (Å²) in [6.07, 6.45) is -0.0322. The number of halogens is 3. The highest BCUT2D eigenvalue weighted by atomic mass is 19.2. The molecular weight excluding hydrogens is 219 g/mol. The zero-order chi connectivity index (χ0) is 12.0. The van der Waals surface area contributed by atoms with E-state index < -0.39 is 21.9 Å². The highest BCUT2D eigenvalue weighted by Gasteiger charge is 2.46. The first kappa shape index (κ1) is 11.4. The van der Waals surface area contributed by atoms with E-state index in [9.17, 15) is 18.4 Å². The Morgan fingerprint density at radius 2 is 2.06 bits per heavy atom. The number of rotatable bonds is 1. The van der Waals surface area contributed by atoms with Gasteiger partial charge in [-0.15, -0.1) is 0 Å². The molecule has 0 spiro atoms. The standard InChI is InChI=1S/C11H12F3NO/c1-15(16)5-4-11(14,7-15)9-3-2-8(12)6-10(9)13/h2-3,6H,4-5,7H2,1H3. The van der Waals surface area contributed by atoms with Crippen molar-refractivity contribution in [1.29, 1.82) is 0 Å². The van der Waals surface area contributed by atoms with Crippen molar-refractivity contribution in [2.45, 2.75) is 12.1 Å². The molecular formula is C11H12F3NO. The van der Waals surface area contributed by atoms with Gasteiger partial charge in [-0.05, 0) is 12.1 Å². The smallest absolute Gasteiger partial charge is 0.192 e. The normalized spacial score (nSPS) is 34.3. The summed E-state index contributed by atoms with van der Waals surface area (Å²) in [7, 11) is 1.35. The Kier molecular flexibility index (Phi) is 2.47. The van der Waals surface area contributed by atoms with Crippen molar-refractivity contribution < 1.29 is 17.8 Å². The van der Waals surface area contributed by atoms with E-state index in [4.69, 9.17) is 0 Å². The largest absolute Gasteiger partial charge is 0.633 e. The van der Waals surface area contributed by atoms with Crippen molar-refractivity contribution in [1.82, 2.24) is 0 Å². The van der Waals surface area contributed by atoms with Crippen molar-refractivity contribution in [3.05, 3.63) is 40.6 Å². The molecule has 2 nitrogen and oxygen atoms in total. The van der Waals surface area contributed by atoms with E-state index in [2.05, 4.69) is 0 Å². The van der Waals surface area contributed by atoms with E-state index in [1.807, 2.05) is 0 Å². The van der Waals surface area contributed by atoms with Gasteiger partial charge in [0.1, 0.15) is 18.2 Å². The number of hydroxylamine groups is 3. The van der Waals surface area contributed by atoms with Gasteiger partial charge in [0.15, 0.2) is 5.67 Å². The number of hydrogen-bond acceptors (Lipinski definition) is 1. The lowest BCUT2D eigenvalue weighted by Crippen LogP contribution is -2.37. The van der Waals surface area contributed by atoms with Crippen LogP contribution >= 0.6 is 0 Å². The Morgan fingerprint density at radius 1 is 1.38 bits per heavy atom. The molecule has 0 saturated carbocycles. The average molecular weight is 231 g/mol. The van der Waals surface area contributed by atoms with Crippen molar-refractivity contribution in [2.24, 2.45) is 0 Å². The van der Waals surface area contributed by atoms with Crippen LogP contribution in [0.25, 0.3) is 0 Å². The Morgan fingerprint density at radius 3 is 2.56 bits per heavy atom. The van der Waals surface area contributed by atoms with E-state index in [-0.39, 0.29) is 25.1 Å². The summed E-state index contributed by atoms with van der Waals surface area (Å²) in [5.41, 5.74) is -2.19. The molecule has 16 heavy (non-hydrogen) atoms. The Labute approximate surface area is 91.5 Å². The zero-order valence-electron chi connectivity index (χ0n) is 8.84. The fourth-order valence-corrected chi connectivity index (χ4v) is 2.17. The second-order valence-corrected chi connectivity index (χ2v) is 4.52. The van der Waals surface area contributed by atoms with Crippen LogP contribution in [-0.2, 0) is 5.67 Å². The maximum absolute atomic E-state index is 14.4. The number of hydrogen-bond donors (Lipinski definition) is 0. The monoisotopic (exact) mass is 231 g/mol. The lowest BCUT2D eigenvalue weighted by atomic mass is 9.94. The van der Waals surface area contributed by atoms with Crippen LogP contribution in [0.2, 0.25) is 0 Å². The van der Waals surface area contributed by atoms with Gasteiger partial charge in [-0.25, -0.2) is 13.2 Å². The Bertz CT molecular complexity index is 422. The summed E-state index contributed by atoms with van der Waals surface area (Å²) in [5, 5.41) is 11.6. The molecule has 1 aliphatic rings. The van der Waals surface area contributed by atoms with Gasteiger partial charge in [-0.2, -0.15) is 0 Å². The maximum Gasteiger partial charge on any atom is 0.192 e. The predicted molar refractivity (Wildman–Crippen MR) is 53.0 cm³/mol. The number of nitrogens with zero attached hydrogens (tertiary/aromatic N) is 1. The van der Waals surface area contributed by atoms with Gasteiger partial charge >= 0.3 is 0 Å². The van der Waals surface area contributed by atoms with E-state index in [1.165, 1.54) is 7.05 Å². The minimum absolute atomic E-state index is 0.0322. The molecule has 2 unspecified atom stereocenters. The number of benzene rings is 1. The van der Waals surface area contributed by atoms with Gasteiger partial charge in [-0.3, -0.25) is 0 Å². The van der Waals surface area contributed by atoms with Gasteiger partial charge < -0.3 is 9.85 Å². The second-order valence-electron chi connectivity index (χ2n) is 4.52. The van der Waals surface area contributed by atoms with E-state index in [0.29, 0.717) is 6.07 Å². The van der Waals surface area contributed by atoms with Crippen molar-refractivity contribution in [2.75, 3.05) is 20.1 Å². The van der Waals surface area contributed by atoms with Crippen molar-refractivity contribution in [3.8, 4) is 0 Å². The summed E-state index contributed by atoms with van der Waals surface area (Å²) in [6.45, 7) is -0.219. The molecule has 1 fully saturated rings. The first-order valence-corrected chi connectivity index (χ1v) is 5.02. The number of likely N-dealkylation sites (tertiary alicyclic amines) is 1. The van der Waals surface area contributed by atoms with Gasteiger partial charge in [0, 0.05) is 18.1 Å². The molecule has 2 atom stereocenters. The van der Waals surface area contributed by atoms with Crippen LogP contribution in [0.4, 0.5) is 13.2 Å². The summed E-state index contributed by atoms with van der Waals surface area (Å²) in [5.74, 6) is -1.67. The predicted octanol–water partition coefficient (Wildman–Crippen LogP) is 2.48. The van der Waals surface area contributed by atoms with Gasteiger partial charge in [0.2, 0.25) is 0 Å². The number of alkyl halides is 1. The van der Waals surface area contributed by atoms with Crippen LogP contribution in [0.3, 0.4) is 0 Å². The molecule has 1 heterocycles. The molecule has 1 saturated heterocycles. The quantitative estimate of drug-likeness (QED) is 0.538. The zero-order valence-corrected chi connectivity index (χ0v) is 8.84. The average Bonchev–Trinajstić information content (AvgIpc) is 2.41. The highest BCUT2D eigenvalue weighted by molar-refractivity contribution is 5.26. The summed E-state index contributed by atoms with van der Waals surface area (Å²) in [4.78, 5) is 0. The van der Waals surface area contributed by atoms with Crippen LogP contribution < -0.4 is 0 Å². The Hall–Kier alpha value is -1.07. The summed E-state index contributed by atoms with van der Waals surface area (Å²) >= 11 is 0. The van der Waals surface area contributed by atoms with Crippen LogP contribution in [0.1, 0.15) is 12.0 Å². The minimum atomic E-state index is -1.98. The van der Waals surface area contributed by atoms with Crippen molar-refractivity contribution in [3.63, 3.8) is 0 Å². The first-order valence-electron chi connectivity index (χ1n) is 5.02. The second kappa shape index (κ2) is 3.46. The SMILES string of the molecule is C[N+]1([O-])CCC(F)(c2ccc(F)cc2F)C1. The van der Waals surface area contributed by atoms with Crippen LogP contribution in [0.15, 0.2) is 18.2 Å². The molecule has 2 rings (SSSR count). The molecule has 0 bridgehead atoms. The molecule has 1 aromatic rings. The summed E-state index contributed by atoms with van der Waals surface area (Å²) < 4.78 is 39.7. The molecule has 1 aromatic carbocycles. The molecule has 1 aliphatic heterocycles. The van der Waals surface area contributed by atoms with Crippen LogP contribution in [-0.4, -0.2) is 24.8 Å². The molecule has 0 amide bonds. The van der Waals surface area contributed by atoms with Crippen molar-refractivity contribution >= 4 is 0 Å². The number of likely N-dealkylation sites (N-methyl/N-ethyl adjacent to an activating group) is 1. The molecule has 0 aliphatic carbocycles. The van der Waals surface area contributed by atoms with Crippen LogP contribution in [0, 0.1) is 16.8 Å². The third-order valence-electron chi connectivity index (χ3n) is 2.98. The highest BCUT2D eigenvalue weighted by Crippen LogP contribution is 2.39. The van der Waals surface area contributed by atoms with Crippen LogP contribution in [0.5, 0.6) is 0 Å². The van der Waals surface area contributed by atoms with Gasteiger partial charge in [-0.1, -0.05) is 0 Å². The molecule has 0 radical (unpaired) electrons. The van der Waals surface area contributed by atoms with Gasteiger partial charge in [0.05, 0.1) is 13.6 Å². The molecule has 5 heteroatoms. The van der Waals surface area contributed by atoms with E-state index >= 15 is 0 Å². The first-order chi connectivity index (χ1) is 7.32. The lowest BCUT2D eigenvalue weighted by molar-refractivity contribution is -0.850. The van der Waals surface area contributed by atoms with E-state index in [1.54, 1.807) is 0 Å². The van der Waals surface area contributed by atoms with Gasteiger partial charge in [0.25, 0.3) is 0 Å². The fourth-order valence-electron chi connectivity index (χ4n) is 2.17. The third kappa shape index (κ3) is 1.92. The molecule has 88 valence electrons. The Balaban J connectivity index is 2.38. The topological polar surface area (TPSA) is 23.1 Å². The maximum atomic E-state index is 14.4. The lowest BCUT2D eigenvalue weighted by Gasteiger charge is -2.34. The number of quaternary nitrogens is 1. The summed E-state index contributed by atoms with van der Waals surface area (Å²) in [6, 6.07) is 2.73. The van der Waals surface area contributed by atoms with E-state index in [0.717, 1.165) is 12.1 Å². The molecule has 0 aromatic heterocycles. The minimum Gasteiger partial charge on any atom is -0.633 e.